The highest BCUT2D eigenvalue weighted by Crippen LogP contribution is 2.28. The number of carbonyl (C=O) groups excluding carboxylic acids is 1. The van der Waals surface area contributed by atoms with Gasteiger partial charge in [-0.05, 0) is 53.6 Å². The Morgan fingerprint density at radius 3 is 2.42 bits per heavy atom. The number of amides is 1. The Morgan fingerprint density at radius 2 is 1.74 bits per heavy atom. The van der Waals surface area contributed by atoms with Crippen LogP contribution in [-0.2, 0) is 4.79 Å². The zero-order chi connectivity index (χ0) is 22.2. The summed E-state index contributed by atoms with van der Waals surface area (Å²) in [6.45, 7) is 1.71. The summed E-state index contributed by atoms with van der Waals surface area (Å²) in [4.78, 5) is 23.3. The second-order valence-corrected chi connectivity index (χ2v) is 6.42. The number of hydrogen-bond donors (Lipinski definition) is 2. The maximum atomic E-state index is 12.6. The molecule has 0 radical (unpaired) electrons. The zero-order valence-electron chi connectivity index (χ0n) is 17.1. The van der Waals surface area contributed by atoms with Gasteiger partial charge in [0, 0.05) is 0 Å². The van der Waals surface area contributed by atoms with Crippen LogP contribution in [0.4, 0.5) is 0 Å². The van der Waals surface area contributed by atoms with Gasteiger partial charge in [-0.25, -0.2) is 10.2 Å². The Kier molecular flexibility index (Phi) is 7.05. The molecule has 1 amide bonds. The van der Waals surface area contributed by atoms with E-state index in [-0.39, 0.29) is 0 Å². The molecule has 0 atom stereocenters. The smallest absolute Gasteiger partial charge is 0.341 e. The van der Waals surface area contributed by atoms with E-state index in [1.807, 2.05) is 24.3 Å². The van der Waals surface area contributed by atoms with E-state index in [9.17, 15) is 9.59 Å². The van der Waals surface area contributed by atoms with Gasteiger partial charge in [0.1, 0.15) is 5.75 Å². The van der Waals surface area contributed by atoms with Crippen LogP contribution in [0.25, 0.3) is 10.8 Å². The average molecular weight is 422 g/mol. The van der Waals surface area contributed by atoms with E-state index in [0.717, 1.165) is 10.8 Å². The first kappa shape index (κ1) is 21.6. The number of ether oxygens (including phenoxy) is 3. The number of rotatable bonds is 9. The van der Waals surface area contributed by atoms with E-state index in [2.05, 4.69) is 10.5 Å². The van der Waals surface area contributed by atoms with Crippen molar-refractivity contribution in [3.05, 3.63) is 65.7 Å². The van der Waals surface area contributed by atoms with Crippen molar-refractivity contribution in [1.29, 1.82) is 0 Å². The summed E-state index contributed by atoms with van der Waals surface area (Å²) < 4.78 is 16.1. The highest BCUT2D eigenvalue weighted by atomic mass is 16.5. The van der Waals surface area contributed by atoms with Crippen LogP contribution in [0.3, 0.4) is 0 Å². The molecule has 3 aromatic carbocycles. The molecule has 0 fully saturated rings. The number of benzene rings is 3. The largest absolute Gasteiger partial charge is 0.496 e. The van der Waals surface area contributed by atoms with E-state index in [1.54, 1.807) is 37.3 Å². The number of nitrogens with one attached hydrogen (secondary N) is 1. The minimum absolute atomic E-state index is 0.311. The Labute approximate surface area is 179 Å². The number of carboxylic acid groups (broad SMARTS) is 1. The molecule has 0 aromatic heterocycles. The lowest BCUT2D eigenvalue weighted by atomic mass is 10.1. The molecule has 3 rings (SSSR count). The molecule has 0 aliphatic heterocycles. The molecule has 0 unspecified atom stereocenters. The molecule has 8 nitrogen and oxygen atoms in total. The van der Waals surface area contributed by atoms with Crippen molar-refractivity contribution in [1.82, 2.24) is 5.43 Å². The predicted molar refractivity (Wildman–Crippen MR) is 116 cm³/mol. The Balaban J connectivity index is 1.75. The minimum atomic E-state index is -1.08. The van der Waals surface area contributed by atoms with Crippen molar-refractivity contribution in [2.24, 2.45) is 5.10 Å². The van der Waals surface area contributed by atoms with Crippen molar-refractivity contribution in [2.45, 2.75) is 6.92 Å². The number of carboxylic acids is 1. The van der Waals surface area contributed by atoms with Crippen LogP contribution in [0.15, 0.2) is 59.7 Å². The van der Waals surface area contributed by atoms with Crippen LogP contribution < -0.4 is 19.6 Å². The van der Waals surface area contributed by atoms with Gasteiger partial charge in [-0.2, -0.15) is 5.10 Å². The molecule has 31 heavy (non-hydrogen) atoms. The fourth-order valence-corrected chi connectivity index (χ4v) is 2.92. The first-order valence-corrected chi connectivity index (χ1v) is 9.53. The molecule has 0 aliphatic rings. The molecule has 0 aliphatic carbocycles. The third kappa shape index (κ3) is 5.51. The lowest BCUT2D eigenvalue weighted by Gasteiger charge is -2.11. The third-order valence-corrected chi connectivity index (χ3v) is 4.31. The lowest BCUT2D eigenvalue weighted by Crippen LogP contribution is -2.18. The van der Waals surface area contributed by atoms with Gasteiger partial charge in [-0.1, -0.05) is 24.3 Å². The maximum Gasteiger partial charge on any atom is 0.341 e. The van der Waals surface area contributed by atoms with Gasteiger partial charge in [0.2, 0.25) is 0 Å². The fourth-order valence-electron chi connectivity index (χ4n) is 2.92. The molecular weight excluding hydrogens is 400 g/mol. The second kappa shape index (κ2) is 10.1. The Morgan fingerprint density at radius 1 is 1.00 bits per heavy atom. The molecule has 0 saturated carbocycles. The van der Waals surface area contributed by atoms with E-state index >= 15 is 0 Å². The summed E-state index contributed by atoms with van der Waals surface area (Å²) in [5.74, 6) is -0.350. The minimum Gasteiger partial charge on any atom is -0.496 e. The SMILES string of the molecule is CCOc1cc(/C=N\NC(=O)c2cc3ccccc3cc2OC)ccc1OCC(=O)O. The van der Waals surface area contributed by atoms with Crippen LogP contribution >= 0.6 is 0 Å². The van der Waals surface area contributed by atoms with Gasteiger partial charge in [-0.15, -0.1) is 0 Å². The molecule has 0 spiro atoms. The summed E-state index contributed by atoms with van der Waals surface area (Å²) in [6.07, 6.45) is 1.45. The van der Waals surface area contributed by atoms with E-state index in [0.29, 0.717) is 35.0 Å². The summed E-state index contributed by atoms with van der Waals surface area (Å²) in [5, 5.41) is 14.7. The quantitative estimate of drug-likeness (QED) is 0.404. The van der Waals surface area contributed by atoms with Crippen molar-refractivity contribution in [3.63, 3.8) is 0 Å². The van der Waals surface area contributed by atoms with Gasteiger partial charge >= 0.3 is 5.97 Å². The molecule has 0 saturated heterocycles. The molecule has 0 heterocycles. The third-order valence-electron chi connectivity index (χ3n) is 4.31. The van der Waals surface area contributed by atoms with Gasteiger partial charge in [0.05, 0.1) is 25.5 Å². The molecule has 160 valence electrons. The first-order valence-electron chi connectivity index (χ1n) is 9.53. The number of hydrazone groups is 1. The zero-order valence-corrected chi connectivity index (χ0v) is 17.1. The predicted octanol–water partition coefficient (Wildman–Crippen LogP) is 3.47. The number of carbonyl (C=O) groups is 2. The van der Waals surface area contributed by atoms with E-state index in [1.165, 1.54) is 13.3 Å². The molecular formula is C23H22N2O6. The molecule has 2 N–H and O–H groups in total. The van der Waals surface area contributed by atoms with Crippen LogP contribution in [0.2, 0.25) is 0 Å². The lowest BCUT2D eigenvalue weighted by molar-refractivity contribution is -0.139. The average Bonchev–Trinajstić information content (AvgIpc) is 2.77. The van der Waals surface area contributed by atoms with E-state index < -0.39 is 18.5 Å². The van der Waals surface area contributed by atoms with Gasteiger partial charge < -0.3 is 19.3 Å². The molecule has 3 aromatic rings. The summed E-state index contributed by atoms with van der Waals surface area (Å²) in [5.41, 5.74) is 3.50. The number of aliphatic carboxylic acids is 1. The number of methoxy groups -OCH3 is 1. The Hall–Kier alpha value is -4.07. The highest BCUT2D eigenvalue weighted by molar-refractivity contribution is 6.02. The van der Waals surface area contributed by atoms with Crippen molar-refractivity contribution < 1.29 is 28.9 Å². The van der Waals surface area contributed by atoms with Crippen LogP contribution in [0, 0.1) is 0 Å². The van der Waals surface area contributed by atoms with Crippen molar-refractivity contribution in [2.75, 3.05) is 20.3 Å². The topological polar surface area (TPSA) is 106 Å². The number of fused-ring (bicyclic) bond motifs is 1. The molecule has 0 bridgehead atoms. The van der Waals surface area contributed by atoms with Gasteiger partial charge in [0.25, 0.3) is 5.91 Å². The summed E-state index contributed by atoms with van der Waals surface area (Å²) in [6, 6.07) is 16.1. The first-order chi connectivity index (χ1) is 15.0. The van der Waals surface area contributed by atoms with Gasteiger partial charge in [0.15, 0.2) is 18.1 Å². The number of nitrogens with zero attached hydrogens (tertiary/aromatic N) is 1. The summed E-state index contributed by atoms with van der Waals surface area (Å²) >= 11 is 0. The van der Waals surface area contributed by atoms with Crippen LogP contribution in [0.5, 0.6) is 17.2 Å². The van der Waals surface area contributed by atoms with Crippen LogP contribution in [0.1, 0.15) is 22.8 Å². The highest BCUT2D eigenvalue weighted by Gasteiger charge is 2.13. The molecule has 8 heteroatoms. The van der Waals surface area contributed by atoms with Gasteiger partial charge in [-0.3, -0.25) is 4.79 Å². The van der Waals surface area contributed by atoms with Crippen molar-refractivity contribution >= 4 is 28.9 Å². The van der Waals surface area contributed by atoms with E-state index in [4.69, 9.17) is 19.3 Å². The monoisotopic (exact) mass is 422 g/mol. The summed E-state index contributed by atoms with van der Waals surface area (Å²) in [7, 11) is 1.51. The standard InChI is InChI=1S/C23H22N2O6/c1-3-30-21-10-15(8-9-19(21)31-14-22(26)27)13-24-25-23(28)18-11-16-6-4-5-7-17(16)12-20(18)29-2/h4-13H,3,14H2,1-2H3,(H,25,28)(H,26,27)/b24-13-. The van der Waals surface area contributed by atoms with Crippen molar-refractivity contribution in [3.8, 4) is 17.2 Å². The second-order valence-electron chi connectivity index (χ2n) is 6.42. The normalized spacial score (nSPS) is 10.8. The Bertz CT molecular complexity index is 1130. The fraction of sp³-hybridized carbons (Fsp3) is 0.174. The maximum absolute atomic E-state index is 12.6. The van der Waals surface area contributed by atoms with Crippen LogP contribution in [-0.4, -0.2) is 43.5 Å². The number of hydrogen-bond acceptors (Lipinski definition) is 6.